The van der Waals surface area contributed by atoms with Crippen LogP contribution in [0.15, 0.2) is 30.3 Å². The summed E-state index contributed by atoms with van der Waals surface area (Å²) in [5, 5.41) is 8.82. The summed E-state index contributed by atoms with van der Waals surface area (Å²) < 4.78 is 0. The third kappa shape index (κ3) is 4.18. The highest BCUT2D eigenvalue weighted by Crippen LogP contribution is 2.21. The molecule has 26 heavy (non-hydrogen) atoms. The number of nitrogens with zero attached hydrogens (tertiary/aromatic N) is 4. The molecule has 1 aliphatic rings. The van der Waals surface area contributed by atoms with Gasteiger partial charge in [-0.25, -0.2) is 9.97 Å². The van der Waals surface area contributed by atoms with Crippen LogP contribution >= 0.6 is 36.2 Å². The number of rotatable bonds is 4. The largest absolute Gasteiger partial charge is 0.349 e. The number of fused-ring (bicyclic) bond motifs is 1. The van der Waals surface area contributed by atoms with Crippen molar-refractivity contribution in [2.24, 2.45) is 0 Å². The molecular weight excluding hydrogens is 397 g/mol. The lowest BCUT2D eigenvalue weighted by molar-refractivity contribution is -0.123. The average Bonchev–Trinajstić information content (AvgIpc) is 3.29. The molecule has 4 rings (SSSR count). The highest BCUT2D eigenvalue weighted by molar-refractivity contribution is 7.13. The fraction of sp³-hybridized carbons (Fsp3) is 0.267. The number of aromatic nitrogens is 5. The van der Waals surface area contributed by atoms with Crippen LogP contribution in [0.4, 0.5) is 0 Å². The van der Waals surface area contributed by atoms with Crippen LogP contribution in [0.3, 0.4) is 0 Å². The van der Waals surface area contributed by atoms with Crippen molar-refractivity contribution in [1.82, 2.24) is 35.6 Å². The predicted molar refractivity (Wildman–Crippen MR) is 103 cm³/mol. The van der Waals surface area contributed by atoms with Gasteiger partial charge in [-0.1, -0.05) is 0 Å². The molecule has 8 nitrogen and oxygen atoms in total. The molecule has 3 aromatic rings. The van der Waals surface area contributed by atoms with Gasteiger partial charge in [0, 0.05) is 36.4 Å². The van der Waals surface area contributed by atoms with E-state index < -0.39 is 6.04 Å². The summed E-state index contributed by atoms with van der Waals surface area (Å²) >= 11 is 1.48. The Balaban J connectivity index is 0.00000121. The number of imidazole rings is 1. The lowest BCUT2D eigenvalue weighted by Crippen LogP contribution is -2.41. The molecule has 0 bridgehead atoms. The van der Waals surface area contributed by atoms with Crippen LogP contribution < -0.4 is 10.6 Å². The van der Waals surface area contributed by atoms with Gasteiger partial charge in [0.15, 0.2) is 0 Å². The Bertz CT molecular complexity index is 855. The monoisotopic (exact) mass is 413 g/mol. The minimum atomic E-state index is -0.418. The first-order valence-corrected chi connectivity index (χ1v) is 8.43. The molecule has 138 valence electrons. The third-order valence-corrected chi connectivity index (χ3v) is 4.70. The number of aromatic amines is 1. The first kappa shape index (κ1) is 20.2. The fourth-order valence-electron chi connectivity index (χ4n) is 2.63. The number of nitrogens with one attached hydrogen (secondary N) is 3. The van der Waals surface area contributed by atoms with Gasteiger partial charge in [0.05, 0.1) is 30.5 Å². The van der Waals surface area contributed by atoms with Crippen LogP contribution in [0.2, 0.25) is 0 Å². The highest BCUT2D eigenvalue weighted by atomic mass is 35.5. The summed E-state index contributed by atoms with van der Waals surface area (Å²) in [6.07, 6.45) is 7.41. The second-order valence-electron chi connectivity index (χ2n) is 5.36. The van der Waals surface area contributed by atoms with Crippen LogP contribution in [0.5, 0.6) is 0 Å². The van der Waals surface area contributed by atoms with Crippen molar-refractivity contribution >= 4 is 42.1 Å². The molecule has 4 heterocycles. The van der Waals surface area contributed by atoms with E-state index in [9.17, 15) is 4.79 Å². The summed E-state index contributed by atoms with van der Waals surface area (Å²) in [7, 11) is 0. The zero-order valence-electron chi connectivity index (χ0n) is 13.5. The van der Waals surface area contributed by atoms with Crippen LogP contribution in [0.1, 0.15) is 23.1 Å². The van der Waals surface area contributed by atoms with Crippen molar-refractivity contribution < 1.29 is 4.79 Å². The van der Waals surface area contributed by atoms with Gasteiger partial charge in [0.2, 0.25) is 5.91 Å². The smallest absolute Gasteiger partial charge is 0.243 e. The van der Waals surface area contributed by atoms with Crippen molar-refractivity contribution in [2.45, 2.75) is 19.0 Å². The summed E-state index contributed by atoms with van der Waals surface area (Å²) in [5.74, 6) is -0.0999. The maximum Gasteiger partial charge on any atom is 0.243 e. The van der Waals surface area contributed by atoms with Gasteiger partial charge >= 0.3 is 0 Å². The molecule has 1 atom stereocenters. The highest BCUT2D eigenvalue weighted by Gasteiger charge is 2.28. The fourth-order valence-corrected chi connectivity index (χ4v) is 3.41. The maximum atomic E-state index is 12.4. The minimum absolute atomic E-state index is 0. The molecule has 0 aromatic carbocycles. The van der Waals surface area contributed by atoms with Gasteiger partial charge in [-0.05, 0) is 0 Å². The normalized spacial score (nSPS) is 15.3. The Morgan fingerprint density at radius 2 is 2.19 bits per heavy atom. The van der Waals surface area contributed by atoms with E-state index in [0.29, 0.717) is 6.54 Å². The van der Waals surface area contributed by atoms with E-state index in [4.69, 9.17) is 0 Å². The van der Waals surface area contributed by atoms with Crippen LogP contribution in [0, 0.1) is 0 Å². The molecule has 0 fully saturated rings. The van der Waals surface area contributed by atoms with Gasteiger partial charge in [-0.3, -0.25) is 14.8 Å². The van der Waals surface area contributed by atoms with Gasteiger partial charge in [-0.15, -0.1) is 36.2 Å². The minimum Gasteiger partial charge on any atom is -0.349 e. The second kappa shape index (κ2) is 9.04. The first-order valence-electron chi connectivity index (χ1n) is 7.55. The van der Waals surface area contributed by atoms with Crippen LogP contribution in [-0.2, 0) is 17.8 Å². The van der Waals surface area contributed by atoms with Crippen LogP contribution in [-0.4, -0.2) is 37.4 Å². The molecule has 1 unspecified atom stereocenters. The van der Waals surface area contributed by atoms with E-state index in [0.717, 1.165) is 40.7 Å². The second-order valence-corrected chi connectivity index (χ2v) is 6.21. The lowest BCUT2D eigenvalue weighted by atomic mass is 10.1. The van der Waals surface area contributed by atoms with E-state index in [-0.39, 0.29) is 30.7 Å². The van der Waals surface area contributed by atoms with Crippen molar-refractivity contribution in [3.63, 3.8) is 0 Å². The topological polar surface area (TPSA) is 108 Å². The van der Waals surface area contributed by atoms with E-state index in [1.807, 2.05) is 5.38 Å². The zero-order chi connectivity index (χ0) is 16.4. The van der Waals surface area contributed by atoms with Crippen molar-refractivity contribution in [3.05, 3.63) is 47.4 Å². The number of carbonyl (C=O) groups is 1. The summed E-state index contributed by atoms with van der Waals surface area (Å²) in [4.78, 5) is 32.5. The average molecular weight is 414 g/mol. The van der Waals surface area contributed by atoms with E-state index in [2.05, 4.69) is 35.6 Å². The molecule has 0 saturated carbocycles. The van der Waals surface area contributed by atoms with Gasteiger partial charge < -0.3 is 15.6 Å². The maximum absolute atomic E-state index is 12.4. The summed E-state index contributed by atoms with van der Waals surface area (Å²) in [6, 6.07) is -0.418. The van der Waals surface area contributed by atoms with E-state index in [1.165, 1.54) is 11.3 Å². The zero-order valence-corrected chi connectivity index (χ0v) is 16.0. The van der Waals surface area contributed by atoms with E-state index >= 15 is 0 Å². The number of hydrogen-bond donors (Lipinski definition) is 3. The van der Waals surface area contributed by atoms with E-state index in [1.54, 1.807) is 24.9 Å². The first-order chi connectivity index (χ1) is 11.8. The summed E-state index contributed by atoms with van der Waals surface area (Å²) in [5.41, 5.74) is 3.33. The quantitative estimate of drug-likeness (QED) is 0.600. The molecule has 1 aliphatic heterocycles. The van der Waals surface area contributed by atoms with Crippen molar-refractivity contribution in [1.29, 1.82) is 0 Å². The molecule has 1 amide bonds. The van der Waals surface area contributed by atoms with Crippen molar-refractivity contribution in [2.75, 3.05) is 6.54 Å². The van der Waals surface area contributed by atoms with Gasteiger partial charge in [0.1, 0.15) is 16.7 Å². The SMILES string of the molecule is Cl.Cl.O=C(NCc1csc(-c2cnccn2)n1)C1NCCc2[nH]cnc21. The number of thiazole rings is 1. The molecule has 0 saturated heterocycles. The van der Waals surface area contributed by atoms with Gasteiger partial charge in [0.25, 0.3) is 0 Å². The Hall–Kier alpha value is -2.07. The lowest BCUT2D eigenvalue weighted by Gasteiger charge is -2.21. The Morgan fingerprint density at radius 3 is 3.00 bits per heavy atom. The number of hydrogen-bond acceptors (Lipinski definition) is 7. The summed E-state index contributed by atoms with van der Waals surface area (Å²) in [6.45, 7) is 1.12. The Labute approximate surface area is 166 Å². The van der Waals surface area contributed by atoms with Crippen LogP contribution in [0.25, 0.3) is 10.7 Å². The molecular formula is C15H17Cl2N7OS. The van der Waals surface area contributed by atoms with Crippen molar-refractivity contribution in [3.8, 4) is 10.7 Å². The molecule has 0 aliphatic carbocycles. The van der Waals surface area contributed by atoms with Gasteiger partial charge in [-0.2, -0.15) is 0 Å². The number of H-pyrrole nitrogens is 1. The number of amides is 1. The number of halogens is 2. The Kier molecular flexibility index (Phi) is 7.04. The number of carbonyl (C=O) groups excluding carboxylic acids is 1. The Morgan fingerprint density at radius 1 is 1.31 bits per heavy atom. The third-order valence-electron chi connectivity index (χ3n) is 3.79. The standard InChI is InChI=1S/C15H15N7OS.2ClH/c23-14(13-12-10(1-2-18-13)20-8-21-12)19-5-9-7-24-15(22-9)11-6-16-3-4-17-11;;/h3-4,6-8,13,18H,1-2,5H2,(H,19,23)(H,20,21);2*1H. The molecule has 3 N–H and O–H groups in total. The molecule has 0 radical (unpaired) electrons. The molecule has 0 spiro atoms. The molecule has 3 aromatic heterocycles. The predicted octanol–water partition coefficient (Wildman–Crippen LogP) is 1.67. The molecule has 11 heteroatoms.